The third-order valence-electron chi connectivity index (χ3n) is 13.4. The average molecular weight is 1130 g/mol. The molecule has 414 valence electrons. The topological polar surface area (TPSA) is 259 Å². The molecule has 0 bridgehead atoms. The van der Waals surface area contributed by atoms with Crippen LogP contribution >= 0.6 is 28.3 Å². The van der Waals surface area contributed by atoms with Crippen LogP contribution in [0.3, 0.4) is 0 Å². The van der Waals surface area contributed by atoms with Crippen molar-refractivity contribution in [3.63, 3.8) is 0 Å². The number of nitrogens with zero attached hydrogens (tertiary/aromatic N) is 8. The summed E-state index contributed by atoms with van der Waals surface area (Å²) in [5.74, 6) is 2.60. The van der Waals surface area contributed by atoms with E-state index in [1.807, 2.05) is 77.9 Å². The zero-order chi connectivity index (χ0) is 54.0. The van der Waals surface area contributed by atoms with E-state index in [9.17, 15) is 9.59 Å². The summed E-state index contributed by atoms with van der Waals surface area (Å²) in [6, 6.07) is 19.1. The molecule has 5 N–H and O–H groups in total. The van der Waals surface area contributed by atoms with Crippen molar-refractivity contribution in [3.05, 3.63) is 59.5 Å². The first-order valence-electron chi connectivity index (χ1n) is 26.5. The Kier molecular flexibility index (Phi) is 23.8. The molecule has 9 rings (SSSR count). The van der Waals surface area contributed by atoms with Gasteiger partial charge < -0.3 is 55.2 Å². The van der Waals surface area contributed by atoms with E-state index in [1.165, 1.54) is 0 Å². The van der Waals surface area contributed by atoms with Gasteiger partial charge in [0.2, 0.25) is 17.6 Å². The zero-order valence-corrected chi connectivity index (χ0v) is 47.3. The summed E-state index contributed by atoms with van der Waals surface area (Å²) in [4.78, 5) is 40.9. The van der Waals surface area contributed by atoms with Crippen LogP contribution < -0.4 is 45.7 Å². The number of pyridine rings is 3. The first kappa shape index (κ1) is 61.0. The lowest BCUT2D eigenvalue weighted by atomic mass is 9.89. The lowest BCUT2D eigenvalue weighted by Crippen LogP contribution is -2.50. The Bertz CT molecular complexity index is 2400. The molecule has 3 aromatic rings. The summed E-state index contributed by atoms with van der Waals surface area (Å²) in [5, 5.41) is 35.4. The molecule has 6 fully saturated rings. The van der Waals surface area contributed by atoms with Crippen LogP contribution in [-0.2, 0) is 9.47 Å². The molecule has 76 heavy (non-hydrogen) atoms. The minimum atomic E-state index is -0.494. The van der Waals surface area contributed by atoms with E-state index in [4.69, 9.17) is 45.2 Å². The number of hydrogen-bond donors (Lipinski definition) is 4. The molecular weight excluding hydrogens is 1060 g/mol. The van der Waals surface area contributed by atoms with Crippen LogP contribution in [0.5, 0.6) is 17.6 Å². The van der Waals surface area contributed by atoms with Crippen molar-refractivity contribution in [2.75, 3.05) is 49.1 Å². The fourth-order valence-electron chi connectivity index (χ4n) is 9.02. The molecule has 0 radical (unpaired) electrons. The second kappa shape index (κ2) is 29.6. The van der Waals surface area contributed by atoms with E-state index < -0.39 is 11.2 Å². The second-order valence-electron chi connectivity index (χ2n) is 22.0. The molecular formula is C55H78BrClN12O7. The van der Waals surface area contributed by atoms with Gasteiger partial charge in [-0.05, 0) is 158 Å². The minimum absolute atomic E-state index is 0. The Morgan fingerprint density at radius 1 is 0.605 bits per heavy atom. The van der Waals surface area contributed by atoms with Gasteiger partial charge in [-0.3, -0.25) is 0 Å². The van der Waals surface area contributed by atoms with Gasteiger partial charge in [-0.1, -0.05) is 0 Å². The van der Waals surface area contributed by atoms with Crippen LogP contribution in [0.15, 0.2) is 59.5 Å². The number of carbonyl (C=O) groups is 2. The van der Waals surface area contributed by atoms with Gasteiger partial charge in [-0.25, -0.2) is 24.5 Å². The summed E-state index contributed by atoms with van der Waals surface area (Å²) in [7, 11) is 0. The van der Waals surface area contributed by atoms with Crippen molar-refractivity contribution >= 4 is 51.9 Å². The normalized spacial score (nSPS) is 23.3. The maximum Gasteiger partial charge on any atom is 0.407 e. The summed E-state index contributed by atoms with van der Waals surface area (Å²) in [6.45, 7) is 16.6. The third-order valence-corrected chi connectivity index (χ3v) is 14.0. The molecule has 6 heterocycles. The molecule has 3 aromatic heterocycles. The lowest BCUT2D eigenvalue weighted by molar-refractivity contribution is 0.0340. The fourth-order valence-corrected chi connectivity index (χ4v) is 9.37. The SMILES string of the molecule is CC(C)(C)OC(=O)NC1CC(Oc2ncccc2Br)C1.CC(C)(C)OC(=O)NC1CC(Oc2ncccc2N2CCC(C#N)CC2)C1.Cl.N#CC1CCN(c2cccnc2OC2CC(N)C2)CC1.N#CC1CCNCC1. The van der Waals surface area contributed by atoms with E-state index >= 15 is 0 Å². The maximum absolute atomic E-state index is 11.8. The molecule has 0 spiro atoms. The molecule has 19 nitrogen and oxygen atoms in total. The lowest BCUT2D eigenvalue weighted by Gasteiger charge is -2.37. The van der Waals surface area contributed by atoms with E-state index in [2.05, 4.69) is 74.8 Å². The van der Waals surface area contributed by atoms with Gasteiger partial charge >= 0.3 is 12.2 Å². The van der Waals surface area contributed by atoms with Gasteiger partial charge in [-0.15, -0.1) is 12.4 Å². The first-order chi connectivity index (χ1) is 35.9. The number of carbonyl (C=O) groups excluding carboxylic acids is 2. The predicted molar refractivity (Wildman–Crippen MR) is 295 cm³/mol. The Balaban J connectivity index is 0.000000197. The van der Waals surface area contributed by atoms with Gasteiger partial charge in [0, 0.05) is 106 Å². The zero-order valence-electron chi connectivity index (χ0n) is 44.9. The number of ether oxygens (including phenoxy) is 5. The predicted octanol–water partition coefficient (Wildman–Crippen LogP) is 9.16. The maximum atomic E-state index is 11.8. The fraction of sp³-hybridized carbons (Fsp3) is 0.636. The van der Waals surface area contributed by atoms with Crippen LogP contribution in [0.2, 0.25) is 0 Å². The summed E-state index contributed by atoms with van der Waals surface area (Å²) >= 11 is 3.39. The molecule has 2 amide bonds. The smallest absolute Gasteiger partial charge is 0.407 e. The van der Waals surface area contributed by atoms with Crippen molar-refractivity contribution in [2.24, 2.45) is 23.5 Å². The van der Waals surface area contributed by atoms with E-state index in [-0.39, 0.29) is 72.9 Å². The van der Waals surface area contributed by atoms with E-state index in [0.717, 1.165) is 132 Å². The molecule has 0 atom stereocenters. The van der Waals surface area contributed by atoms with Gasteiger partial charge in [0.1, 0.15) is 29.5 Å². The molecule has 0 unspecified atom stereocenters. The van der Waals surface area contributed by atoms with E-state index in [0.29, 0.717) is 23.6 Å². The highest BCUT2D eigenvalue weighted by atomic mass is 79.9. The number of halogens is 2. The number of rotatable bonds is 10. The highest BCUT2D eigenvalue weighted by molar-refractivity contribution is 9.10. The van der Waals surface area contributed by atoms with Crippen molar-refractivity contribution in [1.29, 1.82) is 15.8 Å². The first-order valence-corrected chi connectivity index (χ1v) is 27.3. The average Bonchev–Trinajstić information content (AvgIpc) is 3.35. The number of nitrogens with one attached hydrogen (secondary N) is 3. The van der Waals surface area contributed by atoms with Gasteiger partial charge in [-0.2, -0.15) is 15.8 Å². The van der Waals surface area contributed by atoms with Gasteiger partial charge in [0.25, 0.3) is 0 Å². The van der Waals surface area contributed by atoms with Crippen LogP contribution in [-0.4, -0.2) is 114 Å². The highest BCUT2D eigenvalue weighted by Gasteiger charge is 2.36. The largest absolute Gasteiger partial charge is 0.473 e. The number of aromatic nitrogens is 3. The van der Waals surface area contributed by atoms with Gasteiger partial charge in [0.05, 0.1) is 34.1 Å². The number of anilines is 2. The van der Waals surface area contributed by atoms with Crippen molar-refractivity contribution in [2.45, 2.75) is 166 Å². The van der Waals surface area contributed by atoms with Crippen molar-refractivity contribution in [3.8, 4) is 35.8 Å². The van der Waals surface area contributed by atoms with Crippen LogP contribution in [0.4, 0.5) is 21.0 Å². The Labute approximate surface area is 463 Å². The summed E-state index contributed by atoms with van der Waals surface area (Å²) in [6.07, 6.45) is 15.2. The standard InChI is InChI=1S/C20H28N4O3.C15H20N4O.C14H19BrN2O3.C6H10N2.ClH/c1-20(2,3)27-19(25)23-15-11-16(12-15)26-18-17(5-4-8-22-18)24-9-6-14(13-21)7-10-24;16-10-11-3-6-19(7-4-11)14-2-1-5-18-15(14)20-13-8-12(17)9-13;1-14(2,3)20-13(18)17-9-7-10(8-9)19-12-11(15)5-4-6-16-12;7-5-6-1-3-8-4-2-6;/h4-5,8,14-16H,6-7,9-12H2,1-3H3,(H,23,25);1-2,5,11-13H,3-4,6-9,17H2;4-6,9-10H,7-8H2,1-3H3,(H,17,18);6,8H,1-4H2;1H. The number of amides is 2. The molecule has 21 heteroatoms. The number of nitriles is 3. The molecule has 3 aliphatic carbocycles. The Hall–Kier alpha value is -5.85. The quantitative estimate of drug-likeness (QED) is 0.147. The van der Waals surface area contributed by atoms with Crippen LogP contribution in [0.1, 0.15) is 119 Å². The molecule has 6 aliphatic rings. The number of alkyl carbamates (subject to hydrolysis) is 2. The van der Waals surface area contributed by atoms with Crippen LogP contribution in [0, 0.1) is 51.7 Å². The summed E-state index contributed by atoms with van der Waals surface area (Å²) in [5.41, 5.74) is 6.86. The third kappa shape index (κ3) is 20.3. The Morgan fingerprint density at radius 2 is 0.961 bits per heavy atom. The van der Waals surface area contributed by atoms with Crippen LogP contribution in [0.25, 0.3) is 0 Å². The van der Waals surface area contributed by atoms with Crippen molar-refractivity contribution < 1.29 is 33.3 Å². The molecule has 0 aromatic carbocycles. The number of nitrogens with two attached hydrogens (primary N) is 1. The molecule has 3 aliphatic heterocycles. The molecule has 3 saturated heterocycles. The monoisotopic (exact) mass is 1130 g/mol. The summed E-state index contributed by atoms with van der Waals surface area (Å²) < 4.78 is 29.1. The van der Waals surface area contributed by atoms with Crippen molar-refractivity contribution in [1.82, 2.24) is 30.9 Å². The number of hydrogen-bond acceptors (Lipinski definition) is 17. The minimum Gasteiger partial charge on any atom is -0.473 e. The number of piperidine rings is 3. The van der Waals surface area contributed by atoms with Gasteiger partial charge in [0.15, 0.2) is 0 Å². The molecule has 3 saturated carbocycles. The highest BCUT2D eigenvalue weighted by Crippen LogP contribution is 2.35. The van der Waals surface area contributed by atoms with E-state index in [1.54, 1.807) is 18.6 Å². The second-order valence-corrected chi connectivity index (χ2v) is 22.8. The Morgan fingerprint density at radius 3 is 1.32 bits per heavy atom.